The summed E-state index contributed by atoms with van der Waals surface area (Å²) in [6.45, 7) is 0. The number of hydrogen-bond acceptors (Lipinski definition) is 5. The molecule has 2 rings (SSSR count). The van der Waals surface area contributed by atoms with Gasteiger partial charge in [0.1, 0.15) is 16.7 Å². The molecule has 0 aliphatic carbocycles. The van der Waals surface area contributed by atoms with Gasteiger partial charge in [0, 0.05) is 0 Å². The van der Waals surface area contributed by atoms with Crippen molar-refractivity contribution in [1.29, 1.82) is 0 Å². The molecule has 0 saturated carbocycles. The molecule has 2 aromatic carbocycles. The maximum absolute atomic E-state index is 12.6. The van der Waals surface area contributed by atoms with Gasteiger partial charge in [-0.3, -0.25) is 4.79 Å². The van der Waals surface area contributed by atoms with Gasteiger partial charge in [-0.25, -0.2) is 8.42 Å². The molecule has 1 atom stereocenters. The van der Waals surface area contributed by atoms with E-state index in [-0.39, 0.29) is 17.1 Å². The number of para-hydroxylation sites is 1. The summed E-state index contributed by atoms with van der Waals surface area (Å²) >= 11 is 0. The third-order valence-corrected chi connectivity index (χ3v) is 4.94. The van der Waals surface area contributed by atoms with Crippen molar-refractivity contribution in [2.75, 3.05) is 14.2 Å². The molecule has 7 heteroatoms. The molecule has 0 aliphatic rings. The largest absolute Gasteiger partial charge is 0.495 e. The molecule has 2 aromatic rings. The van der Waals surface area contributed by atoms with E-state index in [1.54, 1.807) is 18.2 Å². The van der Waals surface area contributed by atoms with Gasteiger partial charge in [-0.05, 0) is 24.1 Å². The highest BCUT2D eigenvalue weighted by atomic mass is 32.2. The molecule has 6 nitrogen and oxygen atoms in total. The van der Waals surface area contributed by atoms with Crippen LogP contribution in [0.1, 0.15) is 5.56 Å². The lowest BCUT2D eigenvalue weighted by atomic mass is 10.1. The highest BCUT2D eigenvalue weighted by Crippen LogP contribution is 2.23. The normalized spacial score (nSPS) is 12.4. The summed E-state index contributed by atoms with van der Waals surface area (Å²) in [5.41, 5.74) is 0.815. The number of methoxy groups -OCH3 is 2. The quantitative estimate of drug-likeness (QED) is 0.770. The number of nitrogens with one attached hydrogen (secondary N) is 1. The van der Waals surface area contributed by atoms with Crippen molar-refractivity contribution in [3.63, 3.8) is 0 Å². The number of ether oxygens (including phenoxy) is 2. The standard InChI is InChI=1S/C17H19NO5S/c1-22-15-10-6-7-11-16(15)24(20,21)18-14(17(19)23-2)12-13-8-4-3-5-9-13/h3-11,14,18H,12H2,1-2H3/t14-/m0/s1. The molecule has 0 bridgehead atoms. The van der Waals surface area contributed by atoms with Crippen LogP contribution in [0.3, 0.4) is 0 Å². The molecule has 0 spiro atoms. The highest BCUT2D eigenvalue weighted by molar-refractivity contribution is 7.89. The summed E-state index contributed by atoms with van der Waals surface area (Å²) in [6, 6.07) is 14.3. The van der Waals surface area contributed by atoms with Crippen LogP contribution in [0.4, 0.5) is 0 Å². The number of carbonyl (C=O) groups excluding carboxylic acids is 1. The first-order chi connectivity index (χ1) is 11.5. The Hall–Kier alpha value is -2.38. The Kier molecular flexibility index (Phi) is 5.94. The minimum atomic E-state index is -3.95. The molecule has 0 saturated heterocycles. The molecule has 0 amide bonds. The Bertz CT molecular complexity index is 790. The predicted octanol–water partition coefficient (Wildman–Crippen LogP) is 1.76. The summed E-state index contributed by atoms with van der Waals surface area (Å²) < 4.78 is 37.5. The molecule has 0 heterocycles. The van der Waals surface area contributed by atoms with Gasteiger partial charge >= 0.3 is 5.97 Å². The van der Waals surface area contributed by atoms with Gasteiger partial charge in [0.15, 0.2) is 0 Å². The van der Waals surface area contributed by atoms with Crippen LogP contribution in [-0.4, -0.2) is 34.6 Å². The molecule has 0 radical (unpaired) electrons. The topological polar surface area (TPSA) is 81.7 Å². The highest BCUT2D eigenvalue weighted by Gasteiger charge is 2.28. The Morgan fingerprint density at radius 1 is 1.04 bits per heavy atom. The summed E-state index contributed by atoms with van der Waals surface area (Å²) in [5.74, 6) is -0.453. The second kappa shape index (κ2) is 7.94. The fourth-order valence-electron chi connectivity index (χ4n) is 2.26. The van der Waals surface area contributed by atoms with Crippen LogP contribution >= 0.6 is 0 Å². The predicted molar refractivity (Wildman–Crippen MR) is 89.3 cm³/mol. The maximum Gasteiger partial charge on any atom is 0.324 e. The van der Waals surface area contributed by atoms with Crippen LogP contribution in [0.25, 0.3) is 0 Å². The monoisotopic (exact) mass is 349 g/mol. The first-order valence-corrected chi connectivity index (χ1v) is 8.73. The maximum atomic E-state index is 12.6. The van der Waals surface area contributed by atoms with Crippen LogP contribution in [0.5, 0.6) is 5.75 Å². The van der Waals surface area contributed by atoms with E-state index in [1.165, 1.54) is 20.3 Å². The number of carbonyl (C=O) groups is 1. The lowest BCUT2D eigenvalue weighted by molar-refractivity contribution is -0.142. The number of sulfonamides is 1. The second-order valence-electron chi connectivity index (χ2n) is 5.04. The van der Waals surface area contributed by atoms with Gasteiger partial charge in [0.25, 0.3) is 0 Å². The third kappa shape index (κ3) is 4.33. The van der Waals surface area contributed by atoms with E-state index in [0.717, 1.165) is 5.56 Å². The minimum Gasteiger partial charge on any atom is -0.495 e. The molecule has 24 heavy (non-hydrogen) atoms. The van der Waals surface area contributed by atoms with Crippen molar-refractivity contribution in [2.24, 2.45) is 0 Å². The third-order valence-electron chi connectivity index (χ3n) is 3.42. The number of benzene rings is 2. The number of esters is 1. The zero-order valence-corrected chi connectivity index (χ0v) is 14.2. The summed E-state index contributed by atoms with van der Waals surface area (Å²) in [7, 11) is -1.35. The minimum absolute atomic E-state index is 0.0329. The average molecular weight is 349 g/mol. The smallest absolute Gasteiger partial charge is 0.324 e. The fraction of sp³-hybridized carbons (Fsp3) is 0.235. The lowest BCUT2D eigenvalue weighted by Gasteiger charge is -2.18. The van der Waals surface area contributed by atoms with E-state index < -0.39 is 22.0 Å². The van der Waals surface area contributed by atoms with Gasteiger partial charge in [-0.15, -0.1) is 0 Å². The van der Waals surface area contributed by atoms with Gasteiger partial charge in [-0.2, -0.15) is 4.72 Å². The fourth-order valence-corrected chi connectivity index (χ4v) is 3.61. The average Bonchev–Trinajstić information content (AvgIpc) is 2.61. The van der Waals surface area contributed by atoms with Crippen LogP contribution in [0.15, 0.2) is 59.5 Å². The summed E-state index contributed by atoms with van der Waals surface area (Å²) in [6.07, 6.45) is 0.182. The molecule has 0 fully saturated rings. The second-order valence-corrected chi connectivity index (χ2v) is 6.72. The van der Waals surface area contributed by atoms with Crippen LogP contribution in [-0.2, 0) is 26.0 Å². The lowest BCUT2D eigenvalue weighted by Crippen LogP contribution is -2.43. The van der Waals surface area contributed by atoms with Crippen molar-refractivity contribution in [3.05, 3.63) is 60.2 Å². The van der Waals surface area contributed by atoms with Crippen LogP contribution in [0, 0.1) is 0 Å². The Labute approximate surface area is 141 Å². The van der Waals surface area contributed by atoms with Crippen molar-refractivity contribution in [1.82, 2.24) is 4.72 Å². The van der Waals surface area contributed by atoms with Crippen molar-refractivity contribution < 1.29 is 22.7 Å². The summed E-state index contributed by atoms with van der Waals surface area (Å²) in [5, 5.41) is 0. The van der Waals surface area contributed by atoms with E-state index >= 15 is 0 Å². The van der Waals surface area contributed by atoms with Crippen molar-refractivity contribution >= 4 is 16.0 Å². The number of rotatable bonds is 7. The van der Waals surface area contributed by atoms with Crippen LogP contribution < -0.4 is 9.46 Å². The molecular weight excluding hydrogens is 330 g/mol. The molecular formula is C17H19NO5S. The van der Waals surface area contributed by atoms with E-state index in [1.807, 2.05) is 30.3 Å². The van der Waals surface area contributed by atoms with Crippen molar-refractivity contribution in [3.8, 4) is 5.75 Å². The molecule has 128 valence electrons. The van der Waals surface area contributed by atoms with Gasteiger partial charge in [0.05, 0.1) is 14.2 Å². The molecule has 0 aromatic heterocycles. The summed E-state index contributed by atoms with van der Waals surface area (Å²) in [4.78, 5) is 12.0. The zero-order chi connectivity index (χ0) is 17.6. The van der Waals surface area contributed by atoms with E-state index in [9.17, 15) is 13.2 Å². The Morgan fingerprint density at radius 2 is 1.67 bits per heavy atom. The molecule has 0 aliphatic heterocycles. The van der Waals surface area contributed by atoms with Gasteiger partial charge < -0.3 is 9.47 Å². The van der Waals surface area contributed by atoms with E-state index in [2.05, 4.69) is 4.72 Å². The molecule has 0 unspecified atom stereocenters. The Balaban J connectivity index is 2.29. The van der Waals surface area contributed by atoms with E-state index in [4.69, 9.17) is 9.47 Å². The number of hydrogen-bond donors (Lipinski definition) is 1. The molecule has 1 N–H and O–H groups in total. The van der Waals surface area contributed by atoms with E-state index in [0.29, 0.717) is 0 Å². The van der Waals surface area contributed by atoms with Gasteiger partial charge in [0.2, 0.25) is 10.0 Å². The Morgan fingerprint density at radius 3 is 2.29 bits per heavy atom. The zero-order valence-electron chi connectivity index (χ0n) is 13.4. The SMILES string of the molecule is COC(=O)[C@H](Cc1ccccc1)NS(=O)(=O)c1ccccc1OC. The van der Waals surface area contributed by atoms with Crippen LogP contribution in [0.2, 0.25) is 0 Å². The van der Waals surface area contributed by atoms with Crippen molar-refractivity contribution in [2.45, 2.75) is 17.4 Å². The van der Waals surface area contributed by atoms with Gasteiger partial charge in [-0.1, -0.05) is 42.5 Å². The first-order valence-electron chi connectivity index (χ1n) is 7.25. The first kappa shape index (κ1) is 18.0.